The summed E-state index contributed by atoms with van der Waals surface area (Å²) in [5, 5.41) is 13.0. The lowest BCUT2D eigenvalue weighted by molar-refractivity contribution is 0.112. The number of anilines is 2. The predicted octanol–water partition coefficient (Wildman–Crippen LogP) is 5.47. The minimum absolute atomic E-state index is 0.487. The zero-order chi connectivity index (χ0) is 21.1. The van der Waals surface area contributed by atoms with Crippen LogP contribution in [-0.2, 0) is 0 Å². The number of hydrogen-bond donors (Lipinski definition) is 1. The average molecular weight is 394 g/mol. The monoisotopic (exact) mass is 394 g/mol. The number of carbonyl (C=O) groups excluding carboxylic acids is 1. The normalized spacial score (nSPS) is 10.4. The number of ether oxygens (including phenoxy) is 1. The van der Waals surface area contributed by atoms with Crippen LogP contribution < -0.4 is 10.1 Å². The molecule has 4 rings (SSSR count). The third-order valence-corrected chi connectivity index (χ3v) is 4.66. The Morgan fingerprint density at radius 3 is 2.47 bits per heavy atom. The van der Waals surface area contributed by atoms with Gasteiger partial charge in [-0.15, -0.1) is 0 Å². The Morgan fingerprint density at radius 1 is 1.03 bits per heavy atom. The third-order valence-electron chi connectivity index (χ3n) is 4.66. The molecule has 0 atom stereocenters. The molecule has 0 aliphatic rings. The van der Waals surface area contributed by atoms with Gasteiger partial charge in [-0.1, -0.05) is 12.1 Å². The smallest absolute Gasteiger partial charge is 0.150 e. The van der Waals surface area contributed by atoms with Crippen LogP contribution in [0.1, 0.15) is 27.0 Å². The van der Waals surface area contributed by atoms with Crippen molar-refractivity contribution in [1.82, 2.24) is 9.97 Å². The molecule has 0 unspecified atom stereocenters. The summed E-state index contributed by atoms with van der Waals surface area (Å²) in [6, 6.07) is 18.6. The minimum Gasteiger partial charge on any atom is -0.456 e. The highest BCUT2D eigenvalue weighted by Gasteiger charge is 2.12. The molecule has 2 aromatic heterocycles. The molecular weight excluding hydrogens is 376 g/mol. The second-order valence-electron chi connectivity index (χ2n) is 6.90. The fourth-order valence-electron chi connectivity index (χ4n) is 3.28. The van der Waals surface area contributed by atoms with E-state index in [4.69, 9.17) is 10.00 Å². The van der Waals surface area contributed by atoms with Gasteiger partial charge in [0.15, 0.2) is 0 Å². The number of fused-ring (bicyclic) bond motifs is 1. The maximum absolute atomic E-state index is 11.1. The van der Waals surface area contributed by atoms with Crippen molar-refractivity contribution >= 4 is 28.8 Å². The maximum Gasteiger partial charge on any atom is 0.150 e. The van der Waals surface area contributed by atoms with Gasteiger partial charge in [-0.25, -0.2) is 9.97 Å². The molecule has 1 N–H and O–H groups in total. The Morgan fingerprint density at radius 2 is 1.80 bits per heavy atom. The molecule has 2 aromatic carbocycles. The molecule has 0 saturated heterocycles. The zero-order valence-corrected chi connectivity index (χ0v) is 16.5. The minimum atomic E-state index is 0.487. The maximum atomic E-state index is 11.1. The summed E-state index contributed by atoms with van der Waals surface area (Å²) in [7, 11) is 0. The molecule has 4 aromatic rings. The van der Waals surface area contributed by atoms with Crippen molar-refractivity contribution in [2.24, 2.45) is 0 Å². The number of nitrogens with one attached hydrogen (secondary N) is 1. The van der Waals surface area contributed by atoms with Crippen LogP contribution in [0.5, 0.6) is 11.5 Å². The second-order valence-corrected chi connectivity index (χ2v) is 6.90. The van der Waals surface area contributed by atoms with E-state index in [1.807, 2.05) is 50.2 Å². The van der Waals surface area contributed by atoms with Crippen molar-refractivity contribution < 1.29 is 9.53 Å². The lowest BCUT2D eigenvalue weighted by Gasteiger charge is -2.15. The average Bonchev–Trinajstić information content (AvgIpc) is 2.76. The van der Waals surface area contributed by atoms with Crippen LogP contribution >= 0.6 is 0 Å². The van der Waals surface area contributed by atoms with E-state index in [9.17, 15) is 4.79 Å². The van der Waals surface area contributed by atoms with E-state index in [-0.39, 0.29) is 0 Å². The van der Waals surface area contributed by atoms with E-state index >= 15 is 0 Å². The number of benzene rings is 2. The van der Waals surface area contributed by atoms with E-state index in [0.29, 0.717) is 34.3 Å². The summed E-state index contributed by atoms with van der Waals surface area (Å²) >= 11 is 0. The van der Waals surface area contributed by atoms with Gasteiger partial charge >= 0.3 is 0 Å². The van der Waals surface area contributed by atoms with Crippen LogP contribution in [0, 0.1) is 25.2 Å². The Hall–Kier alpha value is -4.24. The number of hydrogen-bond acceptors (Lipinski definition) is 6. The van der Waals surface area contributed by atoms with Crippen LogP contribution in [0.3, 0.4) is 0 Å². The Bertz CT molecular complexity index is 1270. The number of carbonyl (C=O) groups is 1. The van der Waals surface area contributed by atoms with Crippen molar-refractivity contribution in [1.29, 1.82) is 5.26 Å². The molecule has 30 heavy (non-hydrogen) atoms. The molecule has 0 spiro atoms. The quantitative estimate of drug-likeness (QED) is 0.452. The van der Waals surface area contributed by atoms with Crippen LogP contribution in [0.4, 0.5) is 11.6 Å². The number of rotatable bonds is 5. The molecule has 2 heterocycles. The first-order chi connectivity index (χ1) is 14.6. The lowest BCUT2D eigenvalue weighted by Crippen LogP contribution is -1.99. The van der Waals surface area contributed by atoms with Gasteiger partial charge in [-0.3, -0.25) is 4.79 Å². The molecule has 0 aliphatic carbocycles. The highest BCUT2D eigenvalue weighted by atomic mass is 16.5. The summed E-state index contributed by atoms with van der Waals surface area (Å²) in [5.74, 6) is 2.49. The summed E-state index contributed by atoms with van der Waals surface area (Å²) in [5.41, 5.74) is 3.63. The van der Waals surface area contributed by atoms with E-state index in [0.717, 1.165) is 28.3 Å². The first kappa shape index (κ1) is 19.1. The summed E-state index contributed by atoms with van der Waals surface area (Å²) in [6.45, 7) is 3.83. The number of nitriles is 1. The van der Waals surface area contributed by atoms with Gasteiger partial charge in [-0.2, -0.15) is 5.26 Å². The molecule has 0 amide bonds. The van der Waals surface area contributed by atoms with E-state index < -0.39 is 0 Å². The Labute approximate surface area is 173 Å². The predicted molar refractivity (Wildman–Crippen MR) is 115 cm³/mol. The first-order valence-corrected chi connectivity index (χ1v) is 9.34. The van der Waals surface area contributed by atoms with Crippen molar-refractivity contribution in [3.63, 3.8) is 0 Å². The second kappa shape index (κ2) is 8.02. The number of nitrogens with zero attached hydrogens (tertiary/aromatic N) is 3. The fourth-order valence-corrected chi connectivity index (χ4v) is 3.28. The molecule has 6 nitrogen and oxygen atoms in total. The number of aldehydes is 1. The topological polar surface area (TPSA) is 87.9 Å². The highest BCUT2D eigenvalue weighted by molar-refractivity contribution is 5.87. The van der Waals surface area contributed by atoms with Gasteiger partial charge < -0.3 is 10.1 Å². The van der Waals surface area contributed by atoms with Gasteiger partial charge in [0.05, 0.1) is 11.1 Å². The van der Waals surface area contributed by atoms with Crippen LogP contribution in [-0.4, -0.2) is 16.3 Å². The highest BCUT2D eigenvalue weighted by Crippen LogP contribution is 2.35. The van der Waals surface area contributed by atoms with E-state index in [1.54, 1.807) is 24.3 Å². The number of aromatic nitrogens is 2. The van der Waals surface area contributed by atoms with E-state index in [2.05, 4.69) is 15.3 Å². The molecular formula is C24H18N4O2. The van der Waals surface area contributed by atoms with Gasteiger partial charge in [0.25, 0.3) is 0 Å². The van der Waals surface area contributed by atoms with Crippen LogP contribution in [0.15, 0.2) is 60.8 Å². The first-order valence-electron chi connectivity index (χ1n) is 9.34. The van der Waals surface area contributed by atoms with Crippen molar-refractivity contribution in [3.8, 4) is 17.6 Å². The van der Waals surface area contributed by atoms with Gasteiger partial charge in [0.2, 0.25) is 0 Å². The largest absolute Gasteiger partial charge is 0.456 e. The molecule has 6 heteroatoms. The summed E-state index contributed by atoms with van der Waals surface area (Å²) in [4.78, 5) is 20.0. The molecule has 146 valence electrons. The fraction of sp³-hybridized carbons (Fsp3) is 0.0833. The van der Waals surface area contributed by atoms with E-state index in [1.165, 1.54) is 6.20 Å². The summed E-state index contributed by atoms with van der Waals surface area (Å²) in [6.07, 6.45) is 2.33. The third kappa shape index (κ3) is 3.82. The summed E-state index contributed by atoms with van der Waals surface area (Å²) < 4.78 is 6.31. The zero-order valence-electron chi connectivity index (χ0n) is 16.5. The van der Waals surface area contributed by atoms with Gasteiger partial charge in [0.1, 0.15) is 35.5 Å². The Kier molecular flexibility index (Phi) is 5.10. The molecule has 0 fully saturated rings. The molecule has 0 bridgehead atoms. The van der Waals surface area contributed by atoms with Crippen molar-refractivity contribution in [2.45, 2.75) is 13.8 Å². The van der Waals surface area contributed by atoms with Crippen LogP contribution in [0.2, 0.25) is 0 Å². The molecule has 0 saturated carbocycles. The standard InChI is InChI=1S/C24H18N4O2/c1-15-9-18(14-29)10-16(2)24(15)30-21-11-23(27-20-6-4-3-5-19(20)21)28-22-8-7-17(12-25)13-26-22/h3-11,13-14H,1-2H3,(H,26,27,28). The van der Waals surface area contributed by atoms with Gasteiger partial charge in [-0.05, 0) is 61.4 Å². The molecule has 0 radical (unpaired) electrons. The SMILES string of the molecule is Cc1cc(C=O)cc(C)c1Oc1cc(Nc2ccc(C#N)cn2)nc2ccccc12. The van der Waals surface area contributed by atoms with Crippen molar-refractivity contribution in [3.05, 3.63) is 83.0 Å². The van der Waals surface area contributed by atoms with Crippen molar-refractivity contribution in [2.75, 3.05) is 5.32 Å². The number of aryl methyl sites for hydroxylation is 2. The lowest BCUT2D eigenvalue weighted by atomic mass is 10.1. The number of para-hydroxylation sites is 1. The van der Waals surface area contributed by atoms with Gasteiger partial charge in [0, 0.05) is 23.2 Å². The molecule has 0 aliphatic heterocycles. The Balaban J connectivity index is 1.75. The van der Waals surface area contributed by atoms with Crippen LogP contribution in [0.25, 0.3) is 10.9 Å². The number of pyridine rings is 2.